The van der Waals surface area contributed by atoms with E-state index in [4.69, 9.17) is 0 Å². The Morgan fingerprint density at radius 3 is 2.20 bits per heavy atom. The number of hydrogen-bond acceptors (Lipinski definition) is 3. The Bertz CT molecular complexity index is 441. The summed E-state index contributed by atoms with van der Waals surface area (Å²) in [6.45, 7) is 3.70. The molecule has 0 aliphatic rings. The van der Waals surface area contributed by atoms with Crippen LogP contribution in [0.5, 0.6) is 0 Å². The van der Waals surface area contributed by atoms with Gasteiger partial charge in [0.05, 0.1) is 5.92 Å². The number of hydrogen-bond donors (Lipinski definition) is 1. The summed E-state index contributed by atoms with van der Waals surface area (Å²) < 4.78 is 0. The van der Waals surface area contributed by atoms with Gasteiger partial charge in [0.25, 0.3) is 0 Å². The standard InChI is InChI=1S/C16H22O4/c1-3-12(15(17)18)10-14(16(19)20)9-11(2)13-7-5-4-6-8-13/h4-8,11-12,14H,3,9-10H2,1-2H3,(H,17,18)(H,19,20)/p-1. The van der Waals surface area contributed by atoms with Crippen LogP contribution in [0.2, 0.25) is 0 Å². The van der Waals surface area contributed by atoms with Gasteiger partial charge in [0, 0.05) is 5.97 Å². The highest BCUT2D eigenvalue weighted by atomic mass is 16.4. The molecule has 0 heterocycles. The first-order chi connectivity index (χ1) is 9.45. The molecule has 0 aliphatic heterocycles. The molecule has 4 heteroatoms. The topological polar surface area (TPSA) is 77.4 Å². The maximum Gasteiger partial charge on any atom is 0.306 e. The van der Waals surface area contributed by atoms with Crippen molar-refractivity contribution in [3.8, 4) is 0 Å². The summed E-state index contributed by atoms with van der Waals surface area (Å²) in [6.07, 6.45) is 0.959. The lowest BCUT2D eigenvalue weighted by molar-refractivity contribution is -0.312. The number of carbonyl (C=O) groups excluding carboxylic acids is 1. The molecule has 4 nitrogen and oxygen atoms in total. The third-order valence-corrected chi connectivity index (χ3v) is 3.75. The number of benzene rings is 1. The highest BCUT2D eigenvalue weighted by Gasteiger charge is 2.25. The lowest BCUT2D eigenvalue weighted by Crippen LogP contribution is -2.33. The molecule has 110 valence electrons. The monoisotopic (exact) mass is 277 g/mol. The van der Waals surface area contributed by atoms with Gasteiger partial charge in [-0.05, 0) is 36.7 Å². The SMILES string of the molecule is CCC(CC(CC(C)c1ccccc1)C(=O)O)C(=O)[O-]. The predicted octanol–water partition coefficient (Wildman–Crippen LogP) is 2.05. The van der Waals surface area contributed by atoms with Crippen molar-refractivity contribution in [1.29, 1.82) is 0 Å². The third-order valence-electron chi connectivity index (χ3n) is 3.75. The smallest absolute Gasteiger partial charge is 0.306 e. The summed E-state index contributed by atoms with van der Waals surface area (Å²) in [5, 5.41) is 20.2. The second-order valence-electron chi connectivity index (χ2n) is 5.24. The van der Waals surface area contributed by atoms with Gasteiger partial charge in [-0.25, -0.2) is 0 Å². The number of aliphatic carboxylic acids is 2. The zero-order chi connectivity index (χ0) is 15.1. The fourth-order valence-electron chi connectivity index (χ4n) is 2.42. The van der Waals surface area contributed by atoms with Crippen LogP contribution in [0, 0.1) is 11.8 Å². The van der Waals surface area contributed by atoms with E-state index in [0.29, 0.717) is 12.8 Å². The normalized spacial score (nSPS) is 15.3. The van der Waals surface area contributed by atoms with Gasteiger partial charge in [0.1, 0.15) is 0 Å². The average Bonchev–Trinajstić information content (AvgIpc) is 2.43. The van der Waals surface area contributed by atoms with Crippen LogP contribution in [0.25, 0.3) is 0 Å². The Morgan fingerprint density at radius 2 is 1.75 bits per heavy atom. The van der Waals surface area contributed by atoms with Gasteiger partial charge in [-0.2, -0.15) is 0 Å². The molecule has 0 fully saturated rings. The van der Waals surface area contributed by atoms with Crippen molar-refractivity contribution in [1.82, 2.24) is 0 Å². The third kappa shape index (κ3) is 4.68. The Morgan fingerprint density at radius 1 is 1.15 bits per heavy atom. The van der Waals surface area contributed by atoms with Crippen LogP contribution >= 0.6 is 0 Å². The van der Waals surface area contributed by atoms with Crippen LogP contribution < -0.4 is 5.11 Å². The van der Waals surface area contributed by atoms with Crippen LogP contribution in [-0.4, -0.2) is 17.0 Å². The Labute approximate surface area is 119 Å². The molecule has 20 heavy (non-hydrogen) atoms. The van der Waals surface area contributed by atoms with Crippen molar-refractivity contribution in [2.24, 2.45) is 11.8 Å². The van der Waals surface area contributed by atoms with Crippen LogP contribution in [0.3, 0.4) is 0 Å². The minimum absolute atomic E-state index is 0.0801. The quantitative estimate of drug-likeness (QED) is 0.789. The second kappa shape index (κ2) is 7.68. The summed E-state index contributed by atoms with van der Waals surface area (Å²) in [4.78, 5) is 22.3. The summed E-state index contributed by atoms with van der Waals surface area (Å²) >= 11 is 0. The van der Waals surface area contributed by atoms with E-state index in [2.05, 4.69) is 0 Å². The molecule has 0 amide bonds. The van der Waals surface area contributed by atoms with Crippen molar-refractivity contribution in [2.45, 2.75) is 39.0 Å². The van der Waals surface area contributed by atoms with Crippen molar-refractivity contribution in [2.75, 3.05) is 0 Å². The van der Waals surface area contributed by atoms with Crippen LogP contribution in [0.4, 0.5) is 0 Å². The average molecular weight is 277 g/mol. The minimum Gasteiger partial charge on any atom is -0.550 e. The molecule has 1 aromatic rings. The van der Waals surface area contributed by atoms with Crippen LogP contribution in [0.1, 0.15) is 44.6 Å². The molecule has 1 N–H and O–H groups in total. The van der Waals surface area contributed by atoms with Gasteiger partial charge in [-0.15, -0.1) is 0 Å². The maximum atomic E-state index is 11.3. The van der Waals surface area contributed by atoms with Gasteiger partial charge < -0.3 is 15.0 Å². The largest absolute Gasteiger partial charge is 0.550 e. The van der Waals surface area contributed by atoms with Gasteiger partial charge in [0.15, 0.2) is 0 Å². The zero-order valence-electron chi connectivity index (χ0n) is 11.9. The summed E-state index contributed by atoms with van der Waals surface area (Å²) in [5.41, 5.74) is 1.07. The lowest BCUT2D eigenvalue weighted by Gasteiger charge is -2.23. The Balaban J connectivity index is 2.72. The van der Waals surface area contributed by atoms with Gasteiger partial charge >= 0.3 is 5.97 Å². The van der Waals surface area contributed by atoms with E-state index >= 15 is 0 Å². The Kier molecular flexibility index (Phi) is 6.22. The predicted molar refractivity (Wildman–Crippen MR) is 74.0 cm³/mol. The Hall–Kier alpha value is -1.84. The molecule has 0 aliphatic carbocycles. The maximum absolute atomic E-state index is 11.3. The van der Waals surface area contributed by atoms with Crippen molar-refractivity contribution < 1.29 is 19.8 Å². The molecule has 0 spiro atoms. The fraction of sp³-hybridized carbons (Fsp3) is 0.500. The number of carboxylic acid groups (broad SMARTS) is 2. The molecule has 3 unspecified atom stereocenters. The zero-order valence-corrected chi connectivity index (χ0v) is 11.9. The molecule has 0 radical (unpaired) electrons. The van der Waals surface area contributed by atoms with Gasteiger partial charge in [-0.1, -0.05) is 44.2 Å². The van der Waals surface area contributed by atoms with E-state index < -0.39 is 23.8 Å². The van der Waals surface area contributed by atoms with E-state index in [1.165, 1.54) is 0 Å². The first-order valence-electron chi connectivity index (χ1n) is 6.94. The van der Waals surface area contributed by atoms with Gasteiger partial charge in [0.2, 0.25) is 0 Å². The first-order valence-corrected chi connectivity index (χ1v) is 6.94. The van der Waals surface area contributed by atoms with Gasteiger partial charge in [-0.3, -0.25) is 4.79 Å². The van der Waals surface area contributed by atoms with E-state index in [9.17, 15) is 19.8 Å². The van der Waals surface area contributed by atoms with Crippen molar-refractivity contribution in [3.63, 3.8) is 0 Å². The van der Waals surface area contributed by atoms with Crippen LogP contribution in [-0.2, 0) is 9.59 Å². The fourth-order valence-corrected chi connectivity index (χ4v) is 2.42. The summed E-state index contributed by atoms with van der Waals surface area (Å²) in [7, 11) is 0. The molecular formula is C16H21O4-. The van der Waals surface area contributed by atoms with E-state index in [-0.39, 0.29) is 12.3 Å². The number of carboxylic acids is 2. The summed E-state index contributed by atoms with van der Waals surface area (Å²) in [6, 6.07) is 9.66. The highest BCUT2D eigenvalue weighted by Crippen LogP contribution is 2.28. The highest BCUT2D eigenvalue weighted by molar-refractivity contribution is 5.72. The molecule has 0 saturated carbocycles. The summed E-state index contributed by atoms with van der Waals surface area (Å²) in [5.74, 6) is -3.37. The molecule has 0 bridgehead atoms. The van der Waals surface area contributed by atoms with Crippen LogP contribution in [0.15, 0.2) is 30.3 Å². The van der Waals surface area contributed by atoms with Crippen molar-refractivity contribution in [3.05, 3.63) is 35.9 Å². The van der Waals surface area contributed by atoms with E-state index in [1.807, 2.05) is 37.3 Å². The minimum atomic E-state index is -1.16. The molecule has 0 saturated heterocycles. The molecule has 3 atom stereocenters. The molecule has 1 aromatic carbocycles. The van der Waals surface area contributed by atoms with Crippen molar-refractivity contribution >= 4 is 11.9 Å². The molecular weight excluding hydrogens is 256 g/mol. The number of rotatable bonds is 8. The number of carbonyl (C=O) groups is 2. The molecule has 1 rings (SSSR count). The second-order valence-corrected chi connectivity index (χ2v) is 5.24. The van der Waals surface area contributed by atoms with E-state index in [0.717, 1.165) is 5.56 Å². The first kappa shape index (κ1) is 16.2. The van der Waals surface area contributed by atoms with E-state index in [1.54, 1.807) is 6.92 Å². The molecule has 0 aromatic heterocycles. The lowest BCUT2D eigenvalue weighted by atomic mass is 9.84.